The van der Waals surface area contributed by atoms with Gasteiger partial charge in [0.15, 0.2) is 5.65 Å². The summed E-state index contributed by atoms with van der Waals surface area (Å²) in [6.07, 6.45) is 3.00. The molecule has 11 heteroatoms. The number of ether oxygens (including phenoxy) is 1. The van der Waals surface area contributed by atoms with Crippen molar-refractivity contribution >= 4 is 46.1 Å². The van der Waals surface area contributed by atoms with Gasteiger partial charge in [0.05, 0.1) is 33.6 Å². The summed E-state index contributed by atoms with van der Waals surface area (Å²) in [5.74, 6) is -0.188. The molecule has 5 aromatic rings. The highest BCUT2D eigenvalue weighted by molar-refractivity contribution is 6.35. The van der Waals surface area contributed by atoms with Crippen molar-refractivity contribution in [1.29, 1.82) is 0 Å². The number of aryl methyl sites for hydroxylation is 1. The molecule has 0 bridgehead atoms. The molecule has 0 aliphatic heterocycles. The molecule has 5 rings (SSSR count). The van der Waals surface area contributed by atoms with Gasteiger partial charge >= 0.3 is 0 Å². The summed E-state index contributed by atoms with van der Waals surface area (Å²) in [5.41, 5.74) is 3.19. The molecule has 0 unspecified atom stereocenters. The second kappa shape index (κ2) is 9.88. The Morgan fingerprint density at radius 2 is 1.84 bits per heavy atom. The number of carbonyl (C=O) groups is 1. The van der Waals surface area contributed by atoms with Crippen LogP contribution in [0.25, 0.3) is 16.9 Å². The fourth-order valence-electron chi connectivity index (χ4n) is 3.70. The molecular weight excluding hydrogens is 517 g/mol. The van der Waals surface area contributed by atoms with Crippen molar-refractivity contribution in [2.45, 2.75) is 6.92 Å². The van der Waals surface area contributed by atoms with Crippen molar-refractivity contribution in [2.24, 2.45) is 0 Å². The second-order valence-electron chi connectivity index (χ2n) is 8.09. The van der Waals surface area contributed by atoms with Crippen molar-refractivity contribution in [3.05, 3.63) is 110 Å². The highest BCUT2D eigenvalue weighted by atomic mass is 35.5. The molecule has 0 saturated carbocycles. The van der Waals surface area contributed by atoms with E-state index in [2.05, 4.69) is 15.4 Å². The van der Waals surface area contributed by atoms with Gasteiger partial charge in [0.1, 0.15) is 17.1 Å². The van der Waals surface area contributed by atoms with E-state index in [9.17, 15) is 14.9 Å². The molecule has 0 aliphatic carbocycles. The van der Waals surface area contributed by atoms with Crippen LogP contribution in [0.5, 0.6) is 11.5 Å². The van der Waals surface area contributed by atoms with Crippen LogP contribution in [0, 0.1) is 17.0 Å². The van der Waals surface area contributed by atoms with Gasteiger partial charge in [-0.2, -0.15) is 5.10 Å². The first-order valence-corrected chi connectivity index (χ1v) is 11.7. The molecule has 0 fully saturated rings. The first-order chi connectivity index (χ1) is 17.8. The van der Waals surface area contributed by atoms with Crippen molar-refractivity contribution in [3.63, 3.8) is 0 Å². The van der Waals surface area contributed by atoms with Crippen molar-refractivity contribution < 1.29 is 14.5 Å². The molecule has 3 aromatic carbocycles. The summed E-state index contributed by atoms with van der Waals surface area (Å²) in [6, 6.07) is 18.2. The maximum atomic E-state index is 13.2. The van der Waals surface area contributed by atoms with E-state index in [1.165, 1.54) is 36.5 Å². The average Bonchev–Trinajstić information content (AvgIpc) is 3.31. The number of hydrogen-bond donors (Lipinski definition) is 1. The number of carbonyl (C=O) groups excluding carboxylic acids is 1. The lowest BCUT2D eigenvalue weighted by Crippen LogP contribution is -2.12. The van der Waals surface area contributed by atoms with Gasteiger partial charge in [-0.15, -0.1) is 0 Å². The summed E-state index contributed by atoms with van der Waals surface area (Å²) < 4.78 is 7.31. The van der Waals surface area contributed by atoms with E-state index in [0.717, 1.165) is 16.8 Å². The number of nitrogens with one attached hydrogen (secondary N) is 1. The number of nitrogens with zero attached hydrogens (tertiary/aromatic N) is 4. The van der Waals surface area contributed by atoms with Crippen LogP contribution in [0.15, 0.2) is 79.1 Å². The van der Waals surface area contributed by atoms with E-state index in [1.807, 2.05) is 31.2 Å². The first-order valence-electron chi connectivity index (χ1n) is 10.9. The zero-order valence-corrected chi connectivity index (χ0v) is 20.7. The number of anilines is 1. The van der Waals surface area contributed by atoms with E-state index in [-0.39, 0.29) is 33.5 Å². The number of fused-ring (bicyclic) bond motifs is 1. The quantitative estimate of drug-likeness (QED) is 0.186. The number of nitro groups is 1. The first kappa shape index (κ1) is 24.2. The number of aromatic nitrogens is 3. The number of benzene rings is 3. The third-order valence-corrected chi connectivity index (χ3v) is 6.01. The Morgan fingerprint density at radius 3 is 2.57 bits per heavy atom. The predicted molar refractivity (Wildman–Crippen MR) is 141 cm³/mol. The van der Waals surface area contributed by atoms with Gasteiger partial charge in [-0.1, -0.05) is 53.0 Å². The molecule has 184 valence electrons. The van der Waals surface area contributed by atoms with Crippen molar-refractivity contribution in [2.75, 3.05) is 5.32 Å². The molecule has 0 saturated heterocycles. The Hall–Kier alpha value is -4.47. The van der Waals surface area contributed by atoms with Gasteiger partial charge in [0, 0.05) is 28.9 Å². The Balaban J connectivity index is 1.46. The van der Waals surface area contributed by atoms with Gasteiger partial charge in [-0.25, -0.2) is 9.50 Å². The van der Waals surface area contributed by atoms with E-state index >= 15 is 0 Å². The summed E-state index contributed by atoms with van der Waals surface area (Å²) in [4.78, 5) is 28.4. The standard InChI is InChI=1S/C26H17Cl2N5O4/c1-15-2-4-16(5-3-15)23-8-9-29-25-21(14-30-32(23)25)26(34)31-18-11-19(33(35)36)13-20(12-18)37-24-7-6-17(27)10-22(24)28/h2-14H,1H3,(H,31,34). The largest absolute Gasteiger partial charge is 0.455 e. The maximum absolute atomic E-state index is 13.2. The topological polar surface area (TPSA) is 112 Å². The molecule has 9 nitrogen and oxygen atoms in total. The lowest BCUT2D eigenvalue weighted by Gasteiger charge is -2.10. The average molecular weight is 534 g/mol. The van der Waals surface area contributed by atoms with Gasteiger partial charge in [-0.3, -0.25) is 14.9 Å². The number of rotatable bonds is 6. The minimum Gasteiger partial charge on any atom is -0.455 e. The summed E-state index contributed by atoms with van der Waals surface area (Å²) in [6.45, 7) is 2.00. The van der Waals surface area contributed by atoms with Gasteiger partial charge < -0.3 is 10.1 Å². The summed E-state index contributed by atoms with van der Waals surface area (Å²) in [5, 5.41) is 19.2. The number of non-ortho nitro benzene ring substituents is 1. The summed E-state index contributed by atoms with van der Waals surface area (Å²) >= 11 is 12.1. The fourth-order valence-corrected chi connectivity index (χ4v) is 4.14. The minimum atomic E-state index is -0.587. The van der Waals surface area contributed by atoms with E-state index < -0.39 is 10.8 Å². The molecule has 1 N–H and O–H groups in total. The lowest BCUT2D eigenvalue weighted by atomic mass is 10.1. The molecular formula is C26H17Cl2N5O4. The third-order valence-electron chi connectivity index (χ3n) is 5.47. The molecule has 0 radical (unpaired) electrons. The molecule has 1 amide bonds. The van der Waals surface area contributed by atoms with Crippen LogP contribution in [0.4, 0.5) is 11.4 Å². The highest BCUT2D eigenvalue weighted by Gasteiger charge is 2.19. The summed E-state index contributed by atoms with van der Waals surface area (Å²) in [7, 11) is 0. The van der Waals surface area contributed by atoms with Crippen LogP contribution in [0.2, 0.25) is 10.0 Å². The second-order valence-corrected chi connectivity index (χ2v) is 8.94. The molecule has 0 atom stereocenters. The molecule has 37 heavy (non-hydrogen) atoms. The molecule has 0 spiro atoms. The SMILES string of the molecule is Cc1ccc(-c2ccnc3c(C(=O)Nc4cc(Oc5ccc(Cl)cc5Cl)cc([N+](=O)[O-])c4)cnn23)cc1. The minimum absolute atomic E-state index is 0.105. The van der Waals surface area contributed by atoms with Crippen LogP contribution >= 0.6 is 23.2 Å². The normalized spacial score (nSPS) is 10.9. The van der Waals surface area contributed by atoms with E-state index in [4.69, 9.17) is 27.9 Å². The zero-order chi connectivity index (χ0) is 26.1. The maximum Gasteiger partial charge on any atom is 0.275 e. The Bertz CT molecular complexity index is 1670. The molecule has 2 aromatic heterocycles. The monoisotopic (exact) mass is 533 g/mol. The van der Waals surface area contributed by atoms with Crippen molar-refractivity contribution in [3.8, 4) is 22.8 Å². The number of halogens is 2. The number of hydrogen-bond acceptors (Lipinski definition) is 6. The van der Waals surface area contributed by atoms with Crippen molar-refractivity contribution in [1.82, 2.24) is 14.6 Å². The molecule has 2 heterocycles. The van der Waals surface area contributed by atoms with Crippen LogP contribution < -0.4 is 10.1 Å². The van der Waals surface area contributed by atoms with E-state index in [0.29, 0.717) is 10.7 Å². The number of nitro benzene ring substituents is 1. The van der Waals surface area contributed by atoms with Crippen LogP contribution in [-0.2, 0) is 0 Å². The smallest absolute Gasteiger partial charge is 0.275 e. The highest BCUT2D eigenvalue weighted by Crippen LogP contribution is 2.35. The Kier molecular flexibility index (Phi) is 6.47. The lowest BCUT2D eigenvalue weighted by molar-refractivity contribution is -0.384. The predicted octanol–water partition coefficient (Wildman–Crippen LogP) is 6.96. The van der Waals surface area contributed by atoms with Gasteiger partial charge in [0.25, 0.3) is 11.6 Å². The van der Waals surface area contributed by atoms with Gasteiger partial charge in [-0.05, 0) is 31.2 Å². The van der Waals surface area contributed by atoms with E-state index in [1.54, 1.807) is 22.8 Å². The third kappa shape index (κ3) is 5.09. The fraction of sp³-hybridized carbons (Fsp3) is 0.0385. The zero-order valence-electron chi connectivity index (χ0n) is 19.2. The van der Waals surface area contributed by atoms with Crippen LogP contribution in [-0.4, -0.2) is 25.4 Å². The number of amides is 1. The van der Waals surface area contributed by atoms with Gasteiger partial charge in [0.2, 0.25) is 0 Å². The van der Waals surface area contributed by atoms with Crippen LogP contribution in [0.3, 0.4) is 0 Å². The van der Waals surface area contributed by atoms with Crippen LogP contribution in [0.1, 0.15) is 15.9 Å². The molecule has 0 aliphatic rings. The Morgan fingerprint density at radius 1 is 1.05 bits per heavy atom. The Labute approximate surface area is 220 Å².